The zero-order valence-electron chi connectivity index (χ0n) is 10.5. The molecule has 0 bridgehead atoms. The van der Waals surface area contributed by atoms with Crippen LogP contribution in [0.3, 0.4) is 0 Å². The van der Waals surface area contributed by atoms with Gasteiger partial charge in [-0.1, -0.05) is 49.6 Å². The molecule has 0 fully saturated rings. The number of amides is 1. The standard InChI is InChI=1S/C15H15NO3/c1-3-13(14(4-2)16-11-17)15(18)19-10-12-8-6-5-7-9-12/h3-9,11H,1-2,10H2,(H,16,17)/b14-13-. The third-order valence-electron chi connectivity index (χ3n) is 2.35. The second-order valence-corrected chi connectivity index (χ2v) is 3.56. The van der Waals surface area contributed by atoms with Gasteiger partial charge in [-0.15, -0.1) is 0 Å². The Morgan fingerprint density at radius 3 is 2.42 bits per heavy atom. The molecule has 0 unspecified atom stereocenters. The maximum absolute atomic E-state index is 11.9. The summed E-state index contributed by atoms with van der Waals surface area (Å²) in [4.78, 5) is 22.3. The van der Waals surface area contributed by atoms with Gasteiger partial charge >= 0.3 is 5.97 Å². The van der Waals surface area contributed by atoms with Gasteiger partial charge in [0.2, 0.25) is 6.41 Å². The Bertz CT molecular complexity index is 503. The first-order chi connectivity index (χ1) is 9.22. The van der Waals surface area contributed by atoms with Gasteiger partial charge in [0.05, 0.1) is 11.3 Å². The maximum atomic E-state index is 11.9. The van der Waals surface area contributed by atoms with Crippen molar-refractivity contribution in [1.29, 1.82) is 0 Å². The fourth-order valence-corrected chi connectivity index (χ4v) is 1.41. The topological polar surface area (TPSA) is 55.4 Å². The van der Waals surface area contributed by atoms with E-state index in [2.05, 4.69) is 18.5 Å². The monoisotopic (exact) mass is 257 g/mol. The van der Waals surface area contributed by atoms with E-state index in [4.69, 9.17) is 4.74 Å². The zero-order chi connectivity index (χ0) is 14.1. The van der Waals surface area contributed by atoms with Gasteiger partial charge in [-0.05, 0) is 11.6 Å². The number of esters is 1. The second-order valence-electron chi connectivity index (χ2n) is 3.56. The van der Waals surface area contributed by atoms with Crippen LogP contribution >= 0.6 is 0 Å². The molecule has 0 aliphatic heterocycles. The van der Waals surface area contributed by atoms with E-state index >= 15 is 0 Å². The van der Waals surface area contributed by atoms with Gasteiger partial charge < -0.3 is 10.1 Å². The normalized spacial score (nSPS) is 10.9. The molecule has 0 saturated heterocycles. The first kappa shape index (κ1) is 14.4. The Morgan fingerprint density at radius 2 is 1.89 bits per heavy atom. The van der Waals surface area contributed by atoms with E-state index < -0.39 is 5.97 Å². The van der Waals surface area contributed by atoms with Crippen molar-refractivity contribution in [3.05, 3.63) is 72.5 Å². The molecule has 4 heteroatoms. The molecule has 1 amide bonds. The highest BCUT2D eigenvalue weighted by molar-refractivity contribution is 5.93. The minimum absolute atomic E-state index is 0.155. The molecule has 0 atom stereocenters. The van der Waals surface area contributed by atoms with Crippen molar-refractivity contribution in [2.45, 2.75) is 6.61 Å². The van der Waals surface area contributed by atoms with E-state index in [9.17, 15) is 9.59 Å². The van der Waals surface area contributed by atoms with Gasteiger partial charge in [-0.25, -0.2) is 4.79 Å². The average Bonchev–Trinajstić information content (AvgIpc) is 2.46. The number of nitrogens with one attached hydrogen (secondary N) is 1. The van der Waals surface area contributed by atoms with E-state index in [0.717, 1.165) is 5.56 Å². The van der Waals surface area contributed by atoms with Crippen LogP contribution in [0.1, 0.15) is 5.56 Å². The van der Waals surface area contributed by atoms with Gasteiger partial charge in [0.1, 0.15) is 6.61 Å². The predicted octanol–water partition coefficient (Wildman–Crippen LogP) is 2.10. The summed E-state index contributed by atoms with van der Waals surface area (Å²) in [7, 11) is 0. The zero-order valence-corrected chi connectivity index (χ0v) is 10.5. The van der Waals surface area contributed by atoms with Crippen LogP contribution in [0.25, 0.3) is 0 Å². The fraction of sp³-hybridized carbons (Fsp3) is 0.0667. The Morgan fingerprint density at radius 1 is 1.21 bits per heavy atom. The summed E-state index contributed by atoms with van der Waals surface area (Å²) in [5.41, 5.74) is 1.31. The van der Waals surface area contributed by atoms with Gasteiger partial charge in [0, 0.05) is 0 Å². The molecule has 0 spiro atoms. The van der Waals surface area contributed by atoms with Gasteiger partial charge in [0.15, 0.2) is 0 Å². The fourth-order valence-electron chi connectivity index (χ4n) is 1.41. The SMILES string of the molecule is C=C/C(NC=O)=C(\C=C)C(=O)OCc1ccccc1. The molecule has 19 heavy (non-hydrogen) atoms. The third-order valence-corrected chi connectivity index (χ3v) is 2.35. The van der Waals surface area contributed by atoms with Gasteiger partial charge in [-0.3, -0.25) is 4.79 Å². The summed E-state index contributed by atoms with van der Waals surface area (Å²) in [5, 5.41) is 2.37. The molecule has 1 rings (SSSR count). The average molecular weight is 257 g/mol. The predicted molar refractivity (Wildman–Crippen MR) is 72.9 cm³/mol. The number of hydrogen-bond acceptors (Lipinski definition) is 3. The number of ether oxygens (including phenoxy) is 1. The van der Waals surface area contributed by atoms with Crippen molar-refractivity contribution in [3.8, 4) is 0 Å². The third kappa shape index (κ3) is 4.27. The maximum Gasteiger partial charge on any atom is 0.340 e. The molecule has 1 aromatic carbocycles. The van der Waals surface area contributed by atoms with Crippen LogP contribution in [0.5, 0.6) is 0 Å². The van der Waals surface area contributed by atoms with E-state index in [1.54, 1.807) is 0 Å². The minimum atomic E-state index is -0.567. The van der Waals surface area contributed by atoms with Crippen LogP contribution in [0.15, 0.2) is 66.9 Å². The first-order valence-electron chi connectivity index (χ1n) is 5.63. The summed E-state index contributed by atoms with van der Waals surface area (Å²) in [6, 6.07) is 9.29. The van der Waals surface area contributed by atoms with Crippen LogP contribution in [0.2, 0.25) is 0 Å². The highest BCUT2D eigenvalue weighted by atomic mass is 16.5. The molecular formula is C15H15NO3. The van der Waals surface area contributed by atoms with E-state index in [0.29, 0.717) is 6.41 Å². The van der Waals surface area contributed by atoms with E-state index in [1.807, 2.05) is 30.3 Å². The van der Waals surface area contributed by atoms with Crippen LogP contribution in [0, 0.1) is 0 Å². The molecule has 98 valence electrons. The van der Waals surface area contributed by atoms with Gasteiger partial charge in [0.25, 0.3) is 0 Å². The van der Waals surface area contributed by atoms with Crippen molar-refractivity contribution < 1.29 is 14.3 Å². The highest BCUT2D eigenvalue weighted by Crippen LogP contribution is 2.09. The molecule has 0 saturated carbocycles. The minimum Gasteiger partial charge on any atom is -0.457 e. The quantitative estimate of drug-likeness (QED) is 0.352. The Balaban J connectivity index is 2.77. The molecule has 0 heterocycles. The number of allylic oxidation sites excluding steroid dienone is 1. The summed E-state index contributed by atoms with van der Waals surface area (Å²) in [6.07, 6.45) is 3.14. The van der Waals surface area contributed by atoms with Crippen LogP contribution in [-0.4, -0.2) is 12.4 Å². The van der Waals surface area contributed by atoms with Crippen LogP contribution in [-0.2, 0) is 20.9 Å². The van der Waals surface area contributed by atoms with Crippen LogP contribution < -0.4 is 5.32 Å². The molecule has 0 aromatic heterocycles. The molecule has 0 aliphatic rings. The Hall–Kier alpha value is -2.62. The van der Waals surface area contributed by atoms with E-state index in [-0.39, 0.29) is 17.9 Å². The summed E-state index contributed by atoms with van der Waals surface area (Å²) in [6.45, 7) is 7.20. The van der Waals surface area contributed by atoms with Crippen molar-refractivity contribution in [2.24, 2.45) is 0 Å². The molecule has 1 aromatic rings. The summed E-state index contributed by atoms with van der Waals surface area (Å²) < 4.78 is 5.14. The Labute approximate surface area is 112 Å². The lowest BCUT2D eigenvalue weighted by atomic mass is 10.2. The summed E-state index contributed by atoms with van der Waals surface area (Å²) in [5.74, 6) is -0.567. The molecule has 4 nitrogen and oxygen atoms in total. The molecule has 0 aliphatic carbocycles. The van der Waals surface area contributed by atoms with Crippen molar-refractivity contribution >= 4 is 12.4 Å². The number of hydrogen-bond donors (Lipinski definition) is 1. The smallest absolute Gasteiger partial charge is 0.340 e. The lowest BCUT2D eigenvalue weighted by Gasteiger charge is -2.08. The molecular weight excluding hydrogens is 242 g/mol. The van der Waals surface area contributed by atoms with Crippen molar-refractivity contribution in [1.82, 2.24) is 5.32 Å². The molecule has 1 N–H and O–H groups in total. The lowest BCUT2D eigenvalue weighted by Crippen LogP contribution is -2.16. The van der Waals surface area contributed by atoms with E-state index in [1.165, 1.54) is 12.2 Å². The lowest BCUT2D eigenvalue weighted by molar-refractivity contribution is -0.139. The summed E-state index contributed by atoms with van der Waals surface area (Å²) >= 11 is 0. The highest BCUT2D eigenvalue weighted by Gasteiger charge is 2.12. The largest absolute Gasteiger partial charge is 0.457 e. The van der Waals surface area contributed by atoms with Crippen LogP contribution in [0.4, 0.5) is 0 Å². The number of carbonyl (C=O) groups excluding carboxylic acids is 2. The van der Waals surface area contributed by atoms with Crippen molar-refractivity contribution in [2.75, 3.05) is 0 Å². The molecule has 0 radical (unpaired) electrons. The second kappa shape index (κ2) is 7.66. The number of carbonyl (C=O) groups is 2. The number of rotatable bonds is 7. The first-order valence-corrected chi connectivity index (χ1v) is 5.63. The van der Waals surface area contributed by atoms with Crippen molar-refractivity contribution in [3.63, 3.8) is 0 Å². The van der Waals surface area contributed by atoms with Gasteiger partial charge in [-0.2, -0.15) is 0 Å². The number of benzene rings is 1. The Kier molecular flexibility index (Phi) is 5.82.